The predicted molar refractivity (Wildman–Crippen MR) is 111 cm³/mol. The number of halogens is 1. The molecule has 0 spiro atoms. The van der Waals surface area contributed by atoms with E-state index in [1.807, 2.05) is 42.5 Å². The van der Waals surface area contributed by atoms with E-state index in [0.717, 1.165) is 11.1 Å². The van der Waals surface area contributed by atoms with Gasteiger partial charge in [-0.1, -0.05) is 23.7 Å². The van der Waals surface area contributed by atoms with Gasteiger partial charge in [0, 0.05) is 16.8 Å². The number of carbonyl (C=O) groups is 1. The average Bonchev–Trinajstić information content (AvgIpc) is 3.50. The Balaban J connectivity index is 1.26. The van der Waals surface area contributed by atoms with E-state index in [2.05, 4.69) is 20.6 Å². The lowest BCUT2D eigenvalue weighted by Gasteiger charge is -2.02. The fraction of sp³-hybridized carbons (Fsp3) is 0.0952. The highest BCUT2D eigenvalue weighted by Crippen LogP contribution is 2.35. The van der Waals surface area contributed by atoms with Crippen LogP contribution in [0.5, 0.6) is 11.5 Å². The number of carbonyl (C=O) groups excluding carboxylic acids is 1. The van der Waals surface area contributed by atoms with Crippen LogP contribution in [0, 0.1) is 0 Å². The largest absolute Gasteiger partial charge is 0.454 e. The van der Waals surface area contributed by atoms with Crippen LogP contribution in [-0.4, -0.2) is 32.7 Å². The third-order valence-electron chi connectivity index (χ3n) is 4.64. The quantitative estimate of drug-likeness (QED) is 0.508. The van der Waals surface area contributed by atoms with Gasteiger partial charge in [-0.05, 0) is 42.0 Å². The van der Waals surface area contributed by atoms with Crippen molar-refractivity contribution >= 4 is 23.2 Å². The number of hydrogen-bond donors (Lipinski definition) is 2. The number of nitrogens with one attached hydrogen (secondary N) is 2. The topological polar surface area (TPSA) is 94.1 Å². The van der Waals surface area contributed by atoms with Gasteiger partial charge in [0.25, 0.3) is 5.91 Å². The molecule has 0 fully saturated rings. The molecular weight excluding hydrogens is 406 g/mol. The van der Waals surface area contributed by atoms with Crippen LogP contribution >= 0.6 is 11.6 Å². The van der Waals surface area contributed by atoms with Crippen LogP contribution in [0.1, 0.15) is 16.1 Å². The second kappa shape index (κ2) is 7.57. The number of nitrogens with zero attached hydrogens (tertiary/aromatic N) is 3. The minimum atomic E-state index is -0.305. The van der Waals surface area contributed by atoms with Crippen LogP contribution in [-0.2, 0) is 6.54 Å². The van der Waals surface area contributed by atoms with Gasteiger partial charge in [0.05, 0.1) is 24.1 Å². The molecule has 150 valence electrons. The number of H-pyrrole nitrogens is 1. The van der Waals surface area contributed by atoms with Crippen molar-refractivity contribution in [2.45, 2.75) is 6.54 Å². The van der Waals surface area contributed by atoms with E-state index in [0.29, 0.717) is 40.1 Å². The normalized spacial score (nSPS) is 12.2. The lowest BCUT2D eigenvalue weighted by Crippen LogP contribution is -2.11. The highest BCUT2D eigenvalue weighted by atomic mass is 35.5. The number of fused-ring (bicyclic) bond motifs is 1. The van der Waals surface area contributed by atoms with Crippen molar-refractivity contribution in [2.24, 2.45) is 0 Å². The Bertz CT molecular complexity index is 1220. The van der Waals surface area contributed by atoms with Crippen molar-refractivity contribution in [3.05, 3.63) is 77.2 Å². The Labute approximate surface area is 176 Å². The Morgan fingerprint density at radius 1 is 1.13 bits per heavy atom. The van der Waals surface area contributed by atoms with E-state index in [1.54, 1.807) is 23.1 Å². The Morgan fingerprint density at radius 3 is 2.83 bits per heavy atom. The molecule has 0 atom stereocenters. The SMILES string of the molecule is O=C(Nc1cnn(Cc2ccc(Cl)cc2)c1)c1cc(-c2ccc3c(c2)OCO3)n[nH]1. The van der Waals surface area contributed by atoms with Crippen molar-refractivity contribution in [3.8, 4) is 22.8 Å². The van der Waals surface area contributed by atoms with Gasteiger partial charge in [-0.25, -0.2) is 0 Å². The maximum absolute atomic E-state index is 12.6. The summed E-state index contributed by atoms with van der Waals surface area (Å²) >= 11 is 5.91. The Morgan fingerprint density at radius 2 is 1.97 bits per heavy atom. The molecule has 0 saturated heterocycles. The van der Waals surface area contributed by atoms with Gasteiger partial charge in [0.1, 0.15) is 5.69 Å². The van der Waals surface area contributed by atoms with Crippen LogP contribution in [0.3, 0.4) is 0 Å². The lowest BCUT2D eigenvalue weighted by molar-refractivity contribution is 0.102. The van der Waals surface area contributed by atoms with Gasteiger partial charge in [-0.15, -0.1) is 0 Å². The molecule has 5 rings (SSSR count). The molecule has 8 nitrogen and oxygen atoms in total. The Kier molecular flexibility index (Phi) is 4.61. The number of aromatic amines is 1. The van der Waals surface area contributed by atoms with E-state index in [9.17, 15) is 4.79 Å². The molecule has 4 aromatic rings. The Hall–Kier alpha value is -3.78. The first kappa shape index (κ1) is 18.3. The molecule has 9 heteroatoms. The third kappa shape index (κ3) is 3.72. The van der Waals surface area contributed by atoms with Gasteiger partial charge in [0.2, 0.25) is 6.79 Å². The van der Waals surface area contributed by atoms with Crippen molar-refractivity contribution in [1.29, 1.82) is 0 Å². The molecule has 0 unspecified atom stereocenters. The summed E-state index contributed by atoms with van der Waals surface area (Å²) in [4.78, 5) is 12.6. The summed E-state index contributed by atoms with van der Waals surface area (Å²) in [6, 6.07) is 14.7. The van der Waals surface area contributed by atoms with E-state index in [4.69, 9.17) is 21.1 Å². The molecule has 0 radical (unpaired) electrons. The number of amides is 1. The van der Waals surface area contributed by atoms with Crippen molar-refractivity contribution < 1.29 is 14.3 Å². The van der Waals surface area contributed by atoms with Gasteiger partial charge in [-0.2, -0.15) is 10.2 Å². The van der Waals surface area contributed by atoms with E-state index in [-0.39, 0.29) is 12.7 Å². The maximum atomic E-state index is 12.6. The summed E-state index contributed by atoms with van der Waals surface area (Å²) in [6.45, 7) is 0.782. The van der Waals surface area contributed by atoms with E-state index >= 15 is 0 Å². The van der Waals surface area contributed by atoms with Crippen LogP contribution in [0.2, 0.25) is 5.02 Å². The molecule has 0 aliphatic carbocycles. The standard InChI is InChI=1S/C21H16ClN5O3/c22-15-4-1-13(2-5-15)10-27-11-16(9-23-27)24-21(28)18-8-17(25-26-18)14-3-6-19-20(7-14)30-12-29-19/h1-9,11H,10,12H2,(H,24,28)(H,25,26). The highest BCUT2D eigenvalue weighted by Gasteiger charge is 2.17. The fourth-order valence-corrected chi connectivity index (χ4v) is 3.26. The monoisotopic (exact) mass is 421 g/mol. The first-order valence-corrected chi connectivity index (χ1v) is 9.55. The molecule has 1 amide bonds. The van der Waals surface area contributed by atoms with Crippen LogP contribution in [0.25, 0.3) is 11.3 Å². The predicted octanol–water partition coefficient (Wildman–Crippen LogP) is 3.96. The first-order valence-electron chi connectivity index (χ1n) is 9.18. The molecule has 1 aliphatic rings. The molecule has 30 heavy (non-hydrogen) atoms. The highest BCUT2D eigenvalue weighted by molar-refractivity contribution is 6.30. The first-order chi connectivity index (χ1) is 14.6. The molecule has 2 aromatic heterocycles. The van der Waals surface area contributed by atoms with E-state index < -0.39 is 0 Å². The second-order valence-electron chi connectivity index (χ2n) is 6.74. The second-order valence-corrected chi connectivity index (χ2v) is 7.18. The van der Waals surface area contributed by atoms with Crippen LogP contribution in [0.4, 0.5) is 5.69 Å². The number of benzene rings is 2. The maximum Gasteiger partial charge on any atom is 0.273 e. The summed E-state index contributed by atoms with van der Waals surface area (Å²) in [5, 5.41) is 14.8. The van der Waals surface area contributed by atoms with E-state index in [1.165, 1.54) is 0 Å². The van der Waals surface area contributed by atoms with Crippen molar-refractivity contribution in [1.82, 2.24) is 20.0 Å². The zero-order valence-electron chi connectivity index (χ0n) is 15.6. The molecule has 1 aliphatic heterocycles. The minimum absolute atomic E-state index is 0.207. The number of ether oxygens (including phenoxy) is 2. The zero-order chi connectivity index (χ0) is 20.5. The van der Waals surface area contributed by atoms with Gasteiger partial charge in [0.15, 0.2) is 11.5 Å². The number of rotatable bonds is 5. The third-order valence-corrected chi connectivity index (χ3v) is 4.89. The van der Waals surface area contributed by atoms with Crippen LogP contribution < -0.4 is 14.8 Å². The molecule has 0 bridgehead atoms. The zero-order valence-corrected chi connectivity index (χ0v) is 16.4. The number of aromatic nitrogens is 4. The summed E-state index contributed by atoms with van der Waals surface area (Å²) in [5.74, 6) is 1.05. The molecule has 2 N–H and O–H groups in total. The van der Waals surface area contributed by atoms with Crippen molar-refractivity contribution in [2.75, 3.05) is 12.1 Å². The van der Waals surface area contributed by atoms with Crippen LogP contribution in [0.15, 0.2) is 60.9 Å². The summed E-state index contributed by atoms with van der Waals surface area (Å²) in [7, 11) is 0. The molecule has 0 saturated carbocycles. The molecule has 3 heterocycles. The summed E-state index contributed by atoms with van der Waals surface area (Å²) in [5.41, 5.74) is 3.45. The van der Waals surface area contributed by atoms with Gasteiger partial charge < -0.3 is 14.8 Å². The lowest BCUT2D eigenvalue weighted by atomic mass is 10.1. The molecule has 2 aromatic carbocycles. The smallest absolute Gasteiger partial charge is 0.273 e. The number of hydrogen-bond acceptors (Lipinski definition) is 5. The average molecular weight is 422 g/mol. The molecular formula is C21H16ClN5O3. The summed E-state index contributed by atoms with van der Waals surface area (Å²) < 4.78 is 12.4. The van der Waals surface area contributed by atoms with Crippen molar-refractivity contribution in [3.63, 3.8) is 0 Å². The van der Waals surface area contributed by atoms with Gasteiger partial charge in [-0.3, -0.25) is 14.6 Å². The minimum Gasteiger partial charge on any atom is -0.454 e. The summed E-state index contributed by atoms with van der Waals surface area (Å²) in [6.07, 6.45) is 3.37. The van der Waals surface area contributed by atoms with Gasteiger partial charge >= 0.3 is 0 Å². The number of anilines is 1. The fourth-order valence-electron chi connectivity index (χ4n) is 3.13.